The number of esters is 2. The third-order valence-corrected chi connectivity index (χ3v) is 3.68. The number of halogens is 2. The Labute approximate surface area is 153 Å². The summed E-state index contributed by atoms with van der Waals surface area (Å²) in [4.78, 5) is 27.6. The molecule has 8 heteroatoms. The molecule has 0 fully saturated rings. The van der Waals surface area contributed by atoms with E-state index < -0.39 is 11.9 Å². The second kappa shape index (κ2) is 8.00. The Kier molecular flexibility index (Phi) is 6.01. The number of carbonyl (C=O) groups excluding carboxylic acids is 2. The lowest BCUT2D eigenvalue weighted by molar-refractivity contribution is 0.0599. The Hall–Kier alpha value is -2.57. The van der Waals surface area contributed by atoms with Crippen LogP contribution in [0.2, 0.25) is 10.0 Å². The van der Waals surface area contributed by atoms with Gasteiger partial charge in [-0.15, -0.1) is 0 Å². The molecule has 2 aromatic rings. The zero-order valence-corrected chi connectivity index (χ0v) is 14.8. The number of phenolic OH excluding ortho intramolecular Hbond substituents is 1. The van der Waals surface area contributed by atoms with Gasteiger partial charge in [-0.3, -0.25) is 4.99 Å². The Balaban J connectivity index is 2.48. The fourth-order valence-electron chi connectivity index (χ4n) is 1.99. The van der Waals surface area contributed by atoms with Crippen molar-refractivity contribution in [2.75, 3.05) is 14.2 Å². The Bertz CT molecular complexity index is 830. The van der Waals surface area contributed by atoms with Gasteiger partial charge in [0.2, 0.25) is 0 Å². The average molecular weight is 382 g/mol. The Morgan fingerprint density at radius 1 is 1.00 bits per heavy atom. The molecule has 0 spiro atoms. The molecule has 0 saturated carbocycles. The van der Waals surface area contributed by atoms with E-state index in [1.807, 2.05) is 0 Å². The first-order chi connectivity index (χ1) is 11.8. The lowest BCUT2D eigenvalue weighted by Gasteiger charge is -2.06. The van der Waals surface area contributed by atoms with Gasteiger partial charge in [-0.25, -0.2) is 9.59 Å². The van der Waals surface area contributed by atoms with Crippen molar-refractivity contribution in [2.45, 2.75) is 0 Å². The number of hydrogen-bond acceptors (Lipinski definition) is 6. The molecule has 1 N–H and O–H groups in total. The Morgan fingerprint density at radius 3 is 2.08 bits per heavy atom. The van der Waals surface area contributed by atoms with Crippen LogP contribution in [0.15, 0.2) is 35.3 Å². The van der Waals surface area contributed by atoms with Gasteiger partial charge >= 0.3 is 11.9 Å². The van der Waals surface area contributed by atoms with Crippen molar-refractivity contribution >= 4 is 47.0 Å². The van der Waals surface area contributed by atoms with E-state index in [-0.39, 0.29) is 33.1 Å². The van der Waals surface area contributed by atoms with Gasteiger partial charge in [-0.05, 0) is 30.3 Å². The molecule has 0 heterocycles. The molecule has 0 bridgehead atoms. The summed E-state index contributed by atoms with van der Waals surface area (Å²) in [7, 11) is 2.45. The molecular weight excluding hydrogens is 369 g/mol. The highest BCUT2D eigenvalue weighted by Crippen LogP contribution is 2.30. The number of benzene rings is 2. The maximum Gasteiger partial charge on any atom is 0.337 e. The third kappa shape index (κ3) is 4.49. The second-order valence-corrected chi connectivity index (χ2v) is 5.68. The van der Waals surface area contributed by atoms with Crippen molar-refractivity contribution in [3.63, 3.8) is 0 Å². The minimum absolute atomic E-state index is 0.0764. The summed E-state index contributed by atoms with van der Waals surface area (Å²) in [5, 5.41) is 10.3. The maximum atomic E-state index is 11.7. The SMILES string of the molecule is COC(=O)c1cc(N=Cc2cc(Cl)cc(Cl)c2O)cc(C(=O)OC)c1. The van der Waals surface area contributed by atoms with Crippen molar-refractivity contribution in [3.8, 4) is 5.75 Å². The van der Waals surface area contributed by atoms with Crippen LogP contribution in [0.3, 0.4) is 0 Å². The number of hydrogen-bond donors (Lipinski definition) is 1. The lowest BCUT2D eigenvalue weighted by Crippen LogP contribution is -2.06. The van der Waals surface area contributed by atoms with E-state index in [9.17, 15) is 14.7 Å². The fourth-order valence-corrected chi connectivity index (χ4v) is 2.49. The molecule has 0 aromatic heterocycles. The predicted octanol–water partition coefficient (Wildman–Crippen LogP) is 4.02. The highest BCUT2D eigenvalue weighted by molar-refractivity contribution is 6.36. The molecule has 0 aliphatic rings. The van der Waals surface area contributed by atoms with Crippen LogP contribution in [-0.4, -0.2) is 37.5 Å². The van der Waals surface area contributed by atoms with E-state index >= 15 is 0 Å². The largest absolute Gasteiger partial charge is 0.506 e. The van der Waals surface area contributed by atoms with Gasteiger partial charge in [0.25, 0.3) is 0 Å². The van der Waals surface area contributed by atoms with Crippen LogP contribution in [0, 0.1) is 0 Å². The summed E-state index contributed by atoms with van der Waals surface area (Å²) in [5.74, 6) is -1.45. The van der Waals surface area contributed by atoms with Gasteiger partial charge in [0, 0.05) is 16.8 Å². The molecule has 0 aliphatic heterocycles. The lowest BCUT2D eigenvalue weighted by atomic mass is 10.1. The molecule has 0 saturated heterocycles. The van der Waals surface area contributed by atoms with Crippen LogP contribution < -0.4 is 0 Å². The number of ether oxygens (including phenoxy) is 2. The Morgan fingerprint density at radius 2 is 1.56 bits per heavy atom. The standard InChI is InChI=1S/C17H13Cl2NO5/c1-24-16(22)9-3-10(17(23)25-2)6-13(5-9)20-8-11-4-12(18)7-14(19)15(11)21/h3-8,21H,1-2H3. The minimum Gasteiger partial charge on any atom is -0.506 e. The zero-order chi connectivity index (χ0) is 18.6. The second-order valence-electron chi connectivity index (χ2n) is 4.84. The number of aliphatic imine (C=N–C) groups is 1. The predicted molar refractivity (Wildman–Crippen MR) is 94.5 cm³/mol. The molecule has 25 heavy (non-hydrogen) atoms. The molecule has 0 unspecified atom stereocenters. The van der Waals surface area contributed by atoms with Gasteiger partial charge in [-0.2, -0.15) is 0 Å². The normalized spacial score (nSPS) is 10.7. The molecular formula is C17H13Cl2NO5. The summed E-state index contributed by atoms with van der Waals surface area (Å²) in [6.07, 6.45) is 1.31. The number of aromatic hydroxyl groups is 1. The van der Waals surface area contributed by atoms with Crippen LogP contribution in [0.1, 0.15) is 26.3 Å². The highest BCUT2D eigenvalue weighted by atomic mass is 35.5. The molecule has 6 nitrogen and oxygen atoms in total. The molecule has 130 valence electrons. The maximum absolute atomic E-state index is 11.7. The third-order valence-electron chi connectivity index (χ3n) is 3.17. The van der Waals surface area contributed by atoms with Crippen molar-refractivity contribution in [2.24, 2.45) is 4.99 Å². The molecule has 0 atom stereocenters. The summed E-state index contributed by atoms with van der Waals surface area (Å²) in [6.45, 7) is 0. The first-order valence-corrected chi connectivity index (χ1v) is 7.65. The molecule has 0 radical (unpaired) electrons. The van der Waals surface area contributed by atoms with Gasteiger partial charge in [0.15, 0.2) is 0 Å². The molecule has 0 amide bonds. The number of nitrogens with zero attached hydrogens (tertiary/aromatic N) is 1. The van der Waals surface area contributed by atoms with Crippen molar-refractivity contribution in [1.82, 2.24) is 0 Å². The van der Waals surface area contributed by atoms with Crippen LogP contribution in [0.5, 0.6) is 5.75 Å². The van der Waals surface area contributed by atoms with Crippen molar-refractivity contribution in [1.29, 1.82) is 0 Å². The zero-order valence-electron chi connectivity index (χ0n) is 13.2. The molecule has 2 aromatic carbocycles. The van der Waals surface area contributed by atoms with Crippen LogP contribution in [0.25, 0.3) is 0 Å². The summed E-state index contributed by atoms with van der Waals surface area (Å²) in [6, 6.07) is 7.06. The number of carbonyl (C=O) groups is 2. The number of phenols is 1. The van der Waals surface area contributed by atoms with Gasteiger partial charge in [0.05, 0.1) is 36.1 Å². The summed E-state index contributed by atoms with van der Waals surface area (Å²) in [5.41, 5.74) is 0.816. The summed E-state index contributed by atoms with van der Waals surface area (Å²) >= 11 is 11.7. The fraction of sp³-hybridized carbons (Fsp3) is 0.118. The topological polar surface area (TPSA) is 85.2 Å². The molecule has 0 aliphatic carbocycles. The van der Waals surface area contributed by atoms with Crippen LogP contribution in [-0.2, 0) is 9.47 Å². The van der Waals surface area contributed by atoms with Crippen molar-refractivity contribution < 1.29 is 24.2 Å². The summed E-state index contributed by atoms with van der Waals surface area (Å²) < 4.78 is 9.31. The van der Waals surface area contributed by atoms with Crippen LogP contribution >= 0.6 is 23.2 Å². The smallest absolute Gasteiger partial charge is 0.337 e. The van der Waals surface area contributed by atoms with E-state index in [4.69, 9.17) is 23.2 Å². The van der Waals surface area contributed by atoms with Crippen LogP contribution in [0.4, 0.5) is 5.69 Å². The van der Waals surface area contributed by atoms with E-state index in [1.54, 1.807) is 0 Å². The first kappa shape index (κ1) is 18.8. The van der Waals surface area contributed by atoms with E-state index in [2.05, 4.69) is 14.5 Å². The van der Waals surface area contributed by atoms with E-state index in [0.29, 0.717) is 5.02 Å². The van der Waals surface area contributed by atoms with E-state index in [1.165, 1.54) is 50.8 Å². The van der Waals surface area contributed by atoms with Crippen molar-refractivity contribution in [3.05, 3.63) is 57.1 Å². The average Bonchev–Trinajstić information content (AvgIpc) is 2.61. The first-order valence-electron chi connectivity index (χ1n) is 6.89. The van der Waals surface area contributed by atoms with Gasteiger partial charge in [0.1, 0.15) is 5.75 Å². The van der Waals surface area contributed by atoms with Gasteiger partial charge < -0.3 is 14.6 Å². The van der Waals surface area contributed by atoms with E-state index in [0.717, 1.165) is 0 Å². The number of methoxy groups -OCH3 is 2. The minimum atomic E-state index is -0.629. The van der Waals surface area contributed by atoms with Gasteiger partial charge in [-0.1, -0.05) is 23.2 Å². The number of rotatable bonds is 4. The molecule has 2 rings (SSSR count). The monoisotopic (exact) mass is 381 g/mol. The highest BCUT2D eigenvalue weighted by Gasteiger charge is 2.14. The quantitative estimate of drug-likeness (QED) is 0.638.